The fourth-order valence-corrected chi connectivity index (χ4v) is 3.54. The second-order valence-corrected chi connectivity index (χ2v) is 7.14. The molecule has 0 saturated carbocycles. The number of nitrogens with zero attached hydrogens (tertiary/aromatic N) is 2. The SMILES string of the molecule is Cc1nn(Cc2cccc3ccccc23)c(C)c1NC(=S)NCc1ccco1. The summed E-state index contributed by atoms with van der Waals surface area (Å²) in [6.45, 7) is 5.30. The van der Waals surface area contributed by atoms with Gasteiger partial charge in [0.25, 0.3) is 0 Å². The second kappa shape index (κ2) is 7.86. The Hall–Kier alpha value is -3.12. The molecule has 0 spiro atoms. The maximum atomic E-state index is 5.43. The Balaban J connectivity index is 1.51. The number of anilines is 1. The van der Waals surface area contributed by atoms with Crippen molar-refractivity contribution in [1.29, 1.82) is 0 Å². The van der Waals surface area contributed by atoms with Gasteiger partial charge in [0.1, 0.15) is 5.76 Å². The zero-order valence-electron chi connectivity index (χ0n) is 15.9. The van der Waals surface area contributed by atoms with Gasteiger partial charge >= 0.3 is 0 Å². The van der Waals surface area contributed by atoms with Gasteiger partial charge in [0.05, 0.1) is 36.4 Å². The third-order valence-corrected chi connectivity index (χ3v) is 5.07. The molecule has 2 aromatic heterocycles. The number of fused-ring (bicyclic) bond motifs is 1. The fourth-order valence-electron chi connectivity index (χ4n) is 3.36. The van der Waals surface area contributed by atoms with E-state index in [1.54, 1.807) is 6.26 Å². The van der Waals surface area contributed by atoms with Crippen molar-refractivity contribution in [1.82, 2.24) is 15.1 Å². The monoisotopic (exact) mass is 390 g/mol. The Morgan fingerprint density at radius 3 is 2.71 bits per heavy atom. The minimum absolute atomic E-state index is 0.543. The van der Waals surface area contributed by atoms with Gasteiger partial charge in [-0.1, -0.05) is 42.5 Å². The van der Waals surface area contributed by atoms with E-state index in [-0.39, 0.29) is 0 Å². The zero-order chi connectivity index (χ0) is 19.5. The quantitative estimate of drug-likeness (QED) is 0.480. The molecule has 0 aliphatic heterocycles. The highest BCUT2D eigenvalue weighted by Crippen LogP contribution is 2.23. The molecule has 0 unspecified atom stereocenters. The number of aryl methyl sites for hydroxylation is 1. The summed E-state index contributed by atoms with van der Waals surface area (Å²) in [4.78, 5) is 0. The van der Waals surface area contributed by atoms with Crippen LogP contribution in [0.1, 0.15) is 22.7 Å². The van der Waals surface area contributed by atoms with E-state index in [0.29, 0.717) is 18.2 Å². The lowest BCUT2D eigenvalue weighted by Gasteiger charge is -2.11. The van der Waals surface area contributed by atoms with Crippen LogP contribution >= 0.6 is 12.2 Å². The number of thiocarbonyl (C=S) groups is 1. The fraction of sp³-hybridized carbons (Fsp3) is 0.182. The van der Waals surface area contributed by atoms with Gasteiger partial charge in [-0.05, 0) is 54.5 Å². The van der Waals surface area contributed by atoms with Crippen molar-refractivity contribution in [2.45, 2.75) is 26.9 Å². The molecule has 2 N–H and O–H groups in total. The summed E-state index contributed by atoms with van der Waals surface area (Å²) in [5.74, 6) is 0.837. The summed E-state index contributed by atoms with van der Waals surface area (Å²) in [6, 6.07) is 18.6. The van der Waals surface area contributed by atoms with E-state index in [9.17, 15) is 0 Å². The minimum atomic E-state index is 0.543. The van der Waals surface area contributed by atoms with Crippen LogP contribution in [0.3, 0.4) is 0 Å². The van der Waals surface area contributed by atoms with Gasteiger partial charge in [0.2, 0.25) is 0 Å². The summed E-state index contributed by atoms with van der Waals surface area (Å²) in [7, 11) is 0. The Bertz CT molecular complexity index is 1110. The van der Waals surface area contributed by atoms with Crippen LogP contribution in [0.15, 0.2) is 65.3 Å². The van der Waals surface area contributed by atoms with Crippen molar-refractivity contribution in [2.24, 2.45) is 0 Å². The van der Waals surface area contributed by atoms with Crippen molar-refractivity contribution in [3.05, 3.63) is 83.6 Å². The molecule has 4 rings (SSSR count). The molecule has 28 heavy (non-hydrogen) atoms. The Kier molecular flexibility index (Phi) is 5.12. The van der Waals surface area contributed by atoms with Crippen LogP contribution in [0.4, 0.5) is 5.69 Å². The van der Waals surface area contributed by atoms with Crippen LogP contribution in [0.2, 0.25) is 0 Å². The molecule has 0 radical (unpaired) electrons. The first-order chi connectivity index (χ1) is 13.6. The first-order valence-electron chi connectivity index (χ1n) is 9.19. The largest absolute Gasteiger partial charge is 0.467 e. The van der Waals surface area contributed by atoms with E-state index in [4.69, 9.17) is 21.7 Å². The summed E-state index contributed by atoms with van der Waals surface area (Å²) in [5.41, 5.74) is 4.15. The average Bonchev–Trinajstić information content (AvgIpc) is 3.31. The molecular weight excluding hydrogens is 368 g/mol. The van der Waals surface area contributed by atoms with Gasteiger partial charge in [-0.15, -0.1) is 0 Å². The summed E-state index contributed by atoms with van der Waals surface area (Å²) < 4.78 is 7.34. The number of nitrogens with one attached hydrogen (secondary N) is 2. The van der Waals surface area contributed by atoms with Gasteiger partial charge in [0.15, 0.2) is 5.11 Å². The van der Waals surface area contributed by atoms with Crippen LogP contribution in [0, 0.1) is 13.8 Å². The smallest absolute Gasteiger partial charge is 0.171 e. The molecule has 0 fully saturated rings. The van der Waals surface area contributed by atoms with Crippen LogP contribution in [0.25, 0.3) is 10.8 Å². The molecule has 142 valence electrons. The molecule has 4 aromatic rings. The number of rotatable bonds is 5. The molecule has 6 heteroatoms. The number of hydrogen-bond acceptors (Lipinski definition) is 3. The number of furan rings is 1. The maximum Gasteiger partial charge on any atom is 0.171 e. The van der Waals surface area contributed by atoms with E-state index in [0.717, 1.165) is 22.8 Å². The van der Waals surface area contributed by atoms with Crippen molar-refractivity contribution >= 4 is 33.8 Å². The zero-order valence-corrected chi connectivity index (χ0v) is 16.7. The van der Waals surface area contributed by atoms with Gasteiger partial charge in [-0.25, -0.2) is 0 Å². The van der Waals surface area contributed by atoms with Crippen molar-refractivity contribution in [2.75, 3.05) is 5.32 Å². The molecule has 0 saturated heterocycles. The summed E-state index contributed by atoms with van der Waals surface area (Å²) in [5, 5.41) is 14.2. The second-order valence-electron chi connectivity index (χ2n) is 6.73. The molecular formula is C22H22N4OS. The van der Waals surface area contributed by atoms with Crippen molar-refractivity contribution < 1.29 is 4.42 Å². The molecule has 0 aliphatic rings. The van der Waals surface area contributed by atoms with Crippen LogP contribution in [-0.2, 0) is 13.1 Å². The summed E-state index contributed by atoms with van der Waals surface area (Å²) in [6.07, 6.45) is 1.65. The highest BCUT2D eigenvalue weighted by atomic mass is 32.1. The first-order valence-corrected chi connectivity index (χ1v) is 9.60. The van der Waals surface area contributed by atoms with E-state index in [1.165, 1.54) is 16.3 Å². The molecule has 5 nitrogen and oxygen atoms in total. The highest BCUT2D eigenvalue weighted by molar-refractivity contribution is 7.80. The topological polar surface area (TPSA) is 55.0 Å². The molecule has 0 atom stereocenters. The van der Waals surface area contributed by atoms with E-state index >= 15 is 0 Å². The highest BCUT2D eigenvalue weighted by Gasteiger charge is 2.14. The lowest BCUT2D eigenvalue weighted by atomic mass is 10.0. The van der Waals surface area contributed by atoms with E-state index in [1.807, 2.05) is 23.7 Å². The van der Waals surface area contributed by atoms with Crippen molar-refractivity contribution in [3.63, 3.8) is 0 Å². The minimum Gasteiger partial charge on any atom is -0.467 e. The summed E-state index contributed by atoms with van der Waals surface area (Å²) >= 11 is 5.43. The van der Waals surface area contributed by atoms with Crippen LogP contribution < -0.4 is 10.6 Å². The lowest BCUT2D eigenvalue weighted by Crippen LogP contribution is -2.28. The maximum absolute atomic E-state index is 5.43. The number of hydrogen-bond donors (Lipinski definition) is 2. The van der Waals surface area contributed by atoms with Crippen molar-refractivity contribution in [3.8, 4) is 0 Å². The lowest BCUT2D eigenvalue weighted by molar-refractivity contribution is 0.503. The first kappa shape index (κ1) is 18.3. The molecule has 2 aromatic carbocycles. The third kappa shape index (κ3) is 3.77. The Labute approximate surface area is 169 Å². The predicted octanol–water partition coefficient (Wildman–Crippen LogP) is 4.78. The number of benzene rings is 2. The Morgan fingerprint density at radius 2 is 1.89 bits per heavy atom. The molecule has 0 amide bonds. The average molecular weight is 391 g/mol. The van der Waals surface area contributed by atoms with Gasteiger partial charge in [-0.3, -0.25) is 4.68 Å². The molecule has 0 bridgehead atoms. The van der Waals surface area contributed by atoms with Gasteiger partial charge in [-0.2, -0.15) is 5.10 Å². The van der Waals surface area contributed by atoms with E-state index in [2.05, 4.69) is 60.0 Å². The number of aromatic nitrogens is 2. The molecule has 0 aliphatic carbocycles. The third-order valence-electron chi connectivity index (χ3n) is 4.82. The predicted molar refractivity (Wildman–Crippen MR) is 117 cm³/mol. The molecule has 2 heterocycles. The standard InChI is InChI=1S/C22H22N4OS/c1-15-21(24-22(28)23-13-19-10-6-12-27-19)16(2)26(25-15)14-18-9-5-8-17-7-3-4-11-20(17)18/h3-12H,13-14H2,1-2H3,(H2,23,24,28). The normalized spacial score (nSPS) is 10.9. The Morgan fingerprint density at radius 1 is 1.07 bits per heavy atom. The van der Waals surface area contributed by atoms with E-state index < -0.39 is 0 Å². The van der Waals surface area contributed by atoms with Crippen LogP contribution in [0.5, 0.6) is 0 Å². The van der Waals surface area contributed by atoms with Gasteiger partial charge < -0.3 is 15.1 Å². The van der Waals surface area contributed by atoms with Crippen LogP contribution in [-0.4, -0.2) is 14.9 Å². The van der Waals surface area contributed by atoms with Gasteiger partial charge in [0, 0.05) is 0 Å².